The van der Waals surface area contributed by atoms with E-state index in [2.05, 4.69) is 4.72 Å². The molecular formula is C12H16N2O2S. The molecule has 1 aromatic carbocycles. The van der Waals surface area contributed by atoms with E-state index in [9.17, 15) is 8.42 Å². The van der Waals surface area contributed by atoms with Gasteiger partial charge in [0.05, 0.1) is 11.0 Å². The van der Waals surface area contributed by atoms with E-state index < -0.39 is 16.1 Å². The number of hydrogen-bond acceptors (Lipinski definition) is 3. The number of hydrogen-bond donors (Lipinski definition) is 1. The predicted molar refractivity (Wildman–Crippen MR) is 65.8 cm³/mol. The summed E-state index contributed by atoms with van der Waals surface area (Å²) < 4.78 is 26.3. The molecular weight excluding hydrogens is 236 g/mol. The monoisotopic (exact) mass is 252 g/mol. The third kappa shape index (κ3) is 3.84. The van der Waals surface area contributed by atoms with Gasteiger partial charge in [0, 0.05) is 0 Å². The number of nitrogens with zero attached hydrogens (tertiary/aromatic N) is 1. The van der Waals surface area contributed by atoms with Crippen molar-refractivity contribution in [3.05, 3.63) is 29.8 Å². The fourth-order valence-electron chi connectivity index (χ4n) is 1.48. The number of nitriles is 1. The highest BCUT2D eigenvalue weighted by molar-refractivity contribution is 7.89. The van der Waals surface area contributed by atoms with Crippen LogP contribution in [0.4, 0.5) is 0 Å². The van der Waals surface area contributed by atoms with Crippen LogP contribution in [-0.4, -0.2) is 14.5 Å². The van der Waals surface area contributed by atoms with Crippen molar-refractivity contribution in [2.75, 3.05) is 0 Å². The summed E-state index contributed by atoms with van der Waals surface area (Å²) >= 11 is 0. The Morgan fingerprint density at radius 3 is 2.71 bits per heavy atom. The van der Waals surface area contributed by atoms with Crippen LogP contribution in [0.3, 0.4) is 0 Å². The molecule has 0 amide bonds. The van der Waals surface area contributed by atoms with Crippen LogP contribution < -0.4 is 4.72 Å². The Bertz CT molecular complexity index is 518. The van der Waals surface area contributed by atoms with Gasteiger partial charge in [-0.05, 0) is 31.0 Å². The van der Waals surface area contributed by atoms with Crippen molar-refractivity contribution in [1.29, 1.82) is 5.26 Å². The van der Waals surface area contributed by atoms with E-state index in [0.717, 1.165) is 12.0 Å². The second kappa shape index (κ2) is 5.80. The van der Waals surface area contributed by atoms with Crippen molar-refractivity contribution in [2.24, 2.45) is 0 Å². The molecule has 0 saturated carbocycles. The van der Waals surface area contributed by atoms with E-state index in [4.69, 9.17) is 5.26 Å². The van der Waals surface area contributed by atoms with Gasteiger partial charge in [-0.3, -0.25) is 0 Å². The Kier molecular flexibility index (Phi) is 4.67. The van der Waals surface area contributed by atoms with Crippen molar-refractivity contribution in [1.82, 2.24) is 4.72 Å². The molecule has 1 unspecified atom stereocenters. The Morgan fingerprint density at radius 2 is 2.18 bits per heavy atom. The van der Waals surface area contributed by atoms with Crippen LogP contribution in [0.5, 0.6) is 0 Å². The Labute approximate surface area is 102 Å². The first-order valence-electron chi connectivity index (χ1n) is 5.48. The fraction of sp³-hybridized carbons (Fsp3) is 0.417. The number of rotatable bonds is 5. The third-order valence-corrected chi connectivity index (χ3v) is 3.80. The van der Waals surface area contributed by atoms with Crippen LogP contribution in [0.15, 0.2) is 29.2 Å². The highest BCUT2D eigenvalue weighted by Gasteiger charge is 2.19. The first kappa shape index (κ1) is 13.7. The normalized spacial score (nSPS) is 13.0. The minimum absolute atomic E-state index is 0.203. The summed E-state index contributed by atoms with van der Waals surface area (Å²) in [6, 6.07) is 7.91. The first-order chi connectivity index (χ1) is 7.99. The maximum atomic E-state index is 12.0. The van der Waals surface area contributed by atoms with Gasteiger partial charge in [0.15, 0.2) is 0 Å². The van der Waals surface area contributed by atoms with Gasteiger partial charge in [0.25, 0.3) is 0 Å². The molecule has 0 saturated heterocycles. The number of aryl methyl sites for hydroxylation is 1. The molecule has 0 bridgehead atoms. The molecule has 4 nitrogen and oxygen atoms in total. The van der Waals surface area contributed by atoms with Crippen molar-refractivity contribution < 1.29 is 8.42 Å². The average molecular weight is 252 g/mol. The highest BCUT2D eigenvalue weighted by atomic mass is 32.2. The lowest BCUT2D eigenvalue weighted by molar-refractivity contribution is 0.563. The number of benzene rings is 1. The molecule has 0 aliphatic carbocycles. The molecule has 0 aliphatic heterocycles. The van der Waals surface area contributed by atoms with Gasteiger partial charge in [-0.15, -0.1) is 0 Å². The van der Waals surface area contributed by atoms with Crippen LogP contribution in [0, 0.1) is 18.3 Å². The second-order valence-electron chi connectivity index (χ2n) is 3.91. The predicted octanol–water partition coefficient (Wildman–Crippen LogP) is 1.97. The van der Waals surface area contributed by atoms with Crippen LogP contribution in [0.1, 0.15) is 25.3 Å². The van der Waals surface area contributed by atoms with Gasteiger partial charge < -0.3 is 0 Å². The van der Waals surface area contributed by atoms with E-state index in [0.29, 0.717) is 6.42 Å². The van der Waals surface area contributed by atoms with E-state index in [-0.39, 0.29) is 4.90 Å². The zero-order valence-electron chi connectivity index (χ0n) is 9.97. The minimum atomic E-state index is -3.59. The van der Waals surface area contributed by atoms with E-state index >= 15 is 0 Å². The summed E-state index contributed by atoms with van der Waals surface area (Å²) in [5.41, 5.74) is 0.872. The zero-order chi connectivity index (χ0) is 12.9. The molecule has 0 radical (unpaired) electrons. The first-order valence-corrected chi connectivity index (χ1v) is 6.96. The molecule has 17 heavy (non-hydrogen) atoms. The van der Waals surface area contributed by atoms with E-state index in [1.807, 2.05) is 26.0 Å². The number of nitrogens with one attached hydrogen (secondary N) is 1. The highest BCUT2D eigenvalue weighted by Crippen LogP contribution is 2.12. The molecule has 0 aromatic heterocycles. The van der Waals surface area contributed by atoms with Crippen molar-refractivity contribution in [2.45, 2.75) is 37.6 Å². The topological polar surface area (TPSA) is 70.0 Å². The largest absolute Gasteiger partial charge is 0.241 e. The maximum absolute atomic E-state index is 12.0. The number of sulfonamides is 1. The van der Waals surface area contributed by atoms with Crippen LogP contribution in [0.2, 0.25) is 0 Å². The lowest BCUT2D eigenvalue weighted by Crippen LogP contribution is -2.33. The molecule has 5 heteroatoms. The van der Waals surface area contributed by atoms with Gasteiger partial charge >= 0.3 is 0 Å². The van der Waals surface area contributed by atoms with Crippen molar-refractivity contribution in [3.63, 3.8) is 0 Å². The van der Waals surface area contributed by atoms with E-state index in [1.54, 1.807) is 12.1 Å². The minimum Gasteiger partial charge on any atom is -0.207 e. The van der Waals surface area contributed by atoms with Gasteiger partial charge in [-0.25, -0.2) is 8.42 Å². The smallest absolute Gasteiger partial charge is 0.207 e. The molecule has 1 N–H and O–H groups in total. The molecule has 0 aliphatic rings. The molecule has 92 valence electrons. The van der Waals surface area contributed by atoms with Gasteiger partial charge in [-0.1, -0.05) is 25.5 Å². The third-order valence-electron chi connectivity index (χ3n) is 2.33. The van der Waals surface area contributed by atoms with Crippen molar-refractivity contribution in [3.8, 4) is 6.07 Å². The van der Waals surface area contributed by atoms with Gasteiger partial charge in [0.2, 0.25) is 10.0 Å². The average Bonchev–Trinajstić information content (AvgIpc) is 2.28. The summed E-state index contributed by atoms with van der Waals surface area (Å²) in [7, 11) is -3.59. The fourth-order valence-corrected chi connectivity index (χ4v) is 2.76. The quantitative estimate of drug-likeness (QED) is 0.871. The summed E-state index contributed by atoms with van der Waals surface area (Å²) in [6.45, 7) is 3.73. The Hall–Kier alpha value is -1.38. The lowest BCUT2D eigenvalue weighted by atomic mass is 10.2. The van der Waals surface area contributed by atoms with Gasteiger partial charge in [-0.2, -0.15) is 9.98 Å². The molecule has 0 heterocycles. The summed E-state index contributed by atoms with van der Waals surface area (Å²) in [6.07, 6.45) is 1.27. The maximum Gasteiger partial charge on any atom is 0.241 e. The lowest BCUT2D eigenvalue weighted by Gasteiger charge is -2.11. The molecule has 1 atom stereocenters. The Morgan fingerprint density at radius 1 is 1.47 bits per heavy atom. The molecule has 1 rings (SSSR count). The Balaban J connectivity index is 2.93. The van der Waals surface area contributed by atoms with Crippen LogP contribution in [0.25, 0.3) is 0 Å². The van der Waals surface area contributed by atoms with E-state index in [1.165, 1.54) is 6.07 Å². The standard InChI is InChI=1S/C12H16N2O2S/c1-3-5-11(9-13)14-17(15,16)12-7-4-6-10(2)8-12/h4,6-8,11,14H,3,5H2,1-2H3. The molecule has 0 fully saturated rings. The molecule has 1 aromatic rings. The summed E-state index contributed by atoms with van der Waals surface area (Å²) in [5.74, 6) is 0. The van der Waals surface area contributed by atoms with Gasteiger partial charge in [0.1, 0.15) is 6.04 Å². The summed E-state index contributed by atoms with van der Waals surface area (Å²) in [4.78, 5) is 0.203. The van der Waals surface area contributed by atoms with Crippen LogP contribution in [-0.2, 0) is 10.0 Å². The zero-order valence-corrected chi connectivity index (χ0v) is 10.8. The summed E-state index contributed by atoms with van der Waals surface area (Å²) in [5, 5.41) is 8.85. The SMILES string of the molecule is CCCC(C#N)NS(=O)(=O)c1cccc(C)c1. The van der Waals surface area contributed by atoms with Crippen LogP contribution >= 0.6 is 0 Å². The second-order valence-corrected chi connectivity index (χ2v) is 5.62. The molecule has 0 spiro atoms. The van der Waals surface area contributed by atoms with Crippen molar-refractivity contribution >= 4 is 10.0 Å².